The van der Waals surface area contributed by atoms with Crippen molar-refractivity contribution >= 4 is 23.1 Å². The van der Waals surface area contributed by atoms with Gasteiger partial charge in [0.2, 0.25) is 0 Å². The maximum absolute atomic E-state index is 6.12. The molecule has 23 heavy (non-hydrogen) atoms. The van der Waals surface area contributed by atoms with Crippen LogP contribution in [0.1, 0.15) is 0 Å². The Kier molecular flexibility index (Phi) is 3.67. The van der Waals surface area contributed by atoms with E-state index in [2.05, 4.69) is 31.2 Å². The average molecular weight is 328 g/mol. The van der Waals surface area contributed by atoms with Gasteiger partial charge in [0.1, 0.15) is 0 Å². The molecule has 1 fully saturated rings. The molecule has 5 nitrogen and oxygen atoms in total. The zero-order chi connectivity index (χ0) is 15.8. The Bertz CT molecular complexity index is 836. The van der Waals surface area contributed by atoms with Crippen molar-refractivity contribution in [3.63, 3.8) is 0 Å². The van der Waals surface area contributed by atoms with E-state index in [0.29, 0.717) is 0 Å². The summed E-state index contributed by atoms with van der Waals surface area (Å²) in [6, 6.07) is 7.84. The summed E-state index contributed by atoms with van der Waals surface area (Å²) in [6.07, 6.45) is 5.69. The number of anilines is 1. The minimum absolute atomic E-state index is 0.728. The monoisotopic (exact) mass is 327 g/mol. The van der Waals surface area contributed by atoms with Crippen LogP contribution in [0.5, 0.6) is 0 Å². The summed E-state index contributed by atoms with van der Waals surface area (Å²) in [6.45, 7) is 4.04. The van der Waals surface area contributed by atoms with Crippen LogP contribution in [0, 0.1) is 0 Å². The summed E-state index contributed by atoms with van der Waals surface area (Å²) in [4.78, 5) is 13.8. The van der Waals surface area contributed by atoms with Crippen LogP contribution in [0.3, 0.4) is 0 Å². The van der Waals surface area contributed by atoms with E-state index in [1.54, 1.807) is 0 Å². The van der Waals surface area contributed by atoms with Crippen molar-refractivity contribution in [3.8, 4) is 11.3 Å². The Hall–Kier alpha value is -2.11. The second-order valence-electron chi connectivity index (χ2n) is 5.89. The van der Waals surface area contributed by atoms with Crippen LogP contribution in [0.4, 0.5) is 5.82 Å². The molecule has 0 N–H and O–H groups in total. The predicted octanol–water partition coefficient (Wildman–Crippen LogP) is 2.80. The summed E-state index contributed by atoms with van der Waals surface area (Å²) in [5.74, 6) is 0.953. The van der Waals surface area contributed by atoms with Crippen molar-refractivity contribution in [1.82, 2.24) is 19.3 Å². The topological polar surface area (TPSA) is 36.7 Å². The maximum atomic E-state index is 6.12. The van der Waals surface area contributed by atoms with E-state index >= 15 is 0 Å². The largest absolute Gasteiger partial charge is 0.351 e. The van der Waals surface area contributed by atoms with Crippen molar-refractivity contribution in [1.29, 1.82) is 0 Å². The van der Waals surface area contributed by atoms with Crippen molar-refractivity contribution in [2.45, 2.75) is 0 Å². The number of aromatic nitrogens is 3. The number of hydrogen-bond acceptors (Lipinski definition) is 4. The van der Waals surface area contributed by atoms with E-state index in [4.69, 9.17) is 11.6 Å². The smallest absolute Gasteiger partial charge is 0.180 e. The van der Waals surface area contributed by atoms with Gasteiger partial charge < -0.3 is 9.80 Å². The Balaban J connectivity index is 1.78. The molecule has 1 aliphatic heterocycles. The average Bonchev–Trinajstić information content (AvgIpc) is 3.00. The molecule has 0 atom stereocenters. The first-order valence-corrected chi connectivity index (χ1v) is 8.12. The zero-order valence-corrected chi connectivity index (χ0v) is 13.7. The zero-order valence-electron chi connectivity index (χ0n) is 13.0. The lowest BCUT2D eigenvalue weighted by Crippen LogP contribution is -2.45. The predicted molar refractivity (Wildman–Crippen MR) is 93.1 cm³/mol. The summed E-state index contributed by atoms with van der Waals surface area (Å²) in [5, 5.41) is 0.728. The Morgan fingerprint density at radius 3 is 2.70 bits per heavy atom. The lowest BCUT2D eigenvalue weighted by molar-refractivity contribution is 0.312. The van der Waals surface area contributed by atoms with Gasteiger partial charge in [-0.15, -0.1) is 0 Å². The normalized spacial score (nSPS) is 16.2. The number of rotatable bonds is 2. The molecular formula is C17H18ClN5. The summed E-state index contributed by atoms with van der Waals surface area (Å²) < 4.78 is 2.09. The number of hydrogen-bond donors (Lipinski definition) is 0. The molecule has 0 amide bonds. The molecular weight excluding hydrogens is 310 g/mol. The van der Waals surface area contributed by atoms with Crippen molar-refractivity contribution in [3.05, 3.63) is 47.9 Å². The van der Waals surface area contributed by atoms with E-state index in [0.717, 1.165) is 53.9 Å². The highest BCUT2D eigenvalue weighted by atomic mass is 35.5. The number of benzene rings is 1. The first kappa shape index (κ1) is 14.5. The van der Waals surface area contributed by atoms with Crippen LogP contribution in [-0.2, 0) is 0 Å². The van der Waals surface area contributed by atoms with Crippen LogP contribution in [-0.4, -0.2) is 52.5 Å². The Morgan fingerprint density at radius 2 is 1.91 bits per heavy atom. The fourth-order valence-corrected chi connectivity index (χ4v) is 3.20. The molecule has 1 aliphatic rings. The highest BCUT2D eigenvalue weighted by Crippen LogP contribution is 2.27. The van der Waals surface area contributed by atoms with Crippen LogP contribution < -0.4 is 4.90 Å². The molecule has 0 aliphatic carbocycles. The molecule has 0 bridgehead atoms. The number of likely N-dealkylation sites (N-methyl/N-ethyl adjacent to an activating group) is 1. The van der Waals surface area contributed by atoms with Gasteiger partial charge in [-0.2, -0.15) is 0 Å². The molecule has 2 aromatic heterocycles. The lowest BCUT2D eigenvalue weighted by Gasteiger charge is -2.33. The van der Waals surface area contributed by atoms with Crippen LogP contribution in [0.25, 0.3) is 16.9 Å². The van der Waals surface area contributed by atoms with E-state index in [9.17, 15) is 0 Å². The quantitative estimate of drug-likeness (QED) is 0.725. The number of nitrogens with zero attached hydrogens (tertiary/aromatic N) is 5. The van der Waals surface area contributed by atoms with Crippen LogP contribution >= 0.6 is 11.6 Å². The van der Waals surface area contributed by atoms with Gasteiger partial charge in [0.15, 0.2) is 11.5 Å². The molecule has 4 rings (SSSR count). The minimum Gasteiger partial charge on any atom is -0.351 e. The summed E-state index contributed by atoms with van der Waals surface area (Å²) >= 11 is 6.12. The Morgan fingerprint density at radius 1 is 1.09 bits per heavy atom. The van der Waals surface area contributed by atoms with Gasteiger partial charge in [0.25, 0.3) is 0 Å². The molecule has 3 aromatic rings. The standard InChI is InChI=1S/C17H18ClN5/c1-21-7-9-22(10-8-21)16-17-20-12-15(23(17)6-5-19-16)13-3-2-4-14(18)11-13/h2-6,11-12H,7-10H2,1H3. The maximum Gasteiger partial charge on any atom is 0.180 e. The lowest BCUT2D eigenvalue weighted by atomic mass is 10.2. The molecule has 1 saturated heterocycles. The minimum atomic E-state index is 0.728. The van der Waals surface area contributed by atoms with Gasteiger partial charge in [0.05, 0.1) is 11.9 Å². The number of halogens is 1. The molecule has 6 heteroatoms. The van der Waals surface area contributed by atoms with E-state index in [1.807, 2.05) is 42.9 Å². The third-order valence-electron chi connectivity index (χ3n) is 4.33. The van der Waals surface area contributed by atoms with Crippen molar-refractivity contribution < 1.29 is 0 Å². The fourth-order valence-electron chi connectivity index (χ4n) is 3.01. The van der Waals surface area contributed by atoms with Crippen LogP contribution in [0.15, 0.2) is 42.9 Å². The van der Waals surface area contributed by atoms with Crippen molar-refractivity contribution in [2.75, 3.05) is 38.1 Å². The highest BCUT2D eigenvalue weighted by molar-refractivity contribution is 6.30. The first-order valence-electron chi connectivity index (χ1n) is 7.74. The molecule has 118 valence electrons. The van der Waals surface area contributed by atoms with Gasteiger partial charge in [-0.1, -0.05) is 23.7 Å². The first-order chi connectivity index (χ1) is 11.2. The number of imidazole rings is 1. The van der Waals surface area contributed by atoms with Gasteiger partial charge in [0, 0.05) is 49.2 Å². The molecule has 1 aromatic carbocycles. The fraction of sp³-hybridized carbons (Fsp3) is 0.294. The molecule has 0 unspecified atom stereocenters. The molecule has 0 radical (unpaired) electrons. The highest BCUT2D eigenvalue weighted by Gasteiger charge is 2.19. The van der Waals surface area contributed by atoms with E-state index in [-0.39, 0.29) is 0 Å². The van der Waals surface area contributed by atoms with E-state index in [1.165, 1.54) is 0 Å². The third kappa shape index (κ3) is 2.66. The summed E-state index contributed by atoms with van der Waals surface area (Å²) in [7, 11) is 2.15. The molecule has 0 saturated carbocycles. The number of fused-ring (bicyclic) bond motifs is 1. The second-order valence-corrected chi connectivity index (χ2v) is 6.33. The Labute approximate surface area is 140 Å². The van der Waals surface area contributed by atoms with E-state index < -0.39 is 0 Å². The van der Waals surface area contributed by atoms with Crippen molar-refractivity contribution in [2.24, 2.45) is 0 Å². The summed E-state index contributed by atoms with van der Waals surface area (Å²) in [5.41, 5.74) is 2.98. The third-order valence-corrected chi connectivity index (χ3v) is 4.57. The number of piperazine rings is 1. The second kappa shape index (κ2) is 5.83. The van der Waals surface area contributed by atoms with Gasteiger partial charge in [-0.3, -0.25) is 4.40 Å². The van der Waals surface area contributed by atoms with Gasteiger partial charge in [-0.25, -0.2) is 9.97 Å². The SMILES string of the molecule is CN1CCN(c2nccn3c(-c4cccc(Cl)c4)cnc23)CC1. The van der Waals surface area contributed by atoms with Gasteiger partial charge in [-0.05, 0) is 19.2 Å². The molecule has 3 heterocycles. The molecule has 0 spiro atoms. The van der Waals surface area contributed by atoms with Gasteiger partial charge >= 0.3 is 0 Å². The van der Waals surface area contributed by atoms with Crippen LogP contribution in [0.2, 0.25) is 5.02 Å².